The zero-order chi connectivity index (χ0) is 10.4. The Morgan fingerprint density at radius 2 is 2.29 bits per heavy atom. The van der Waals surface area contributed by atoms with E-state index in [1.165, 1.54) is 0 Å². The molecule has 78 valence electrons. The summed E-state index contributed by atoms with van der Waals surface area (Å²) in [6.07, 6.45) is -0.573. The first-order valence-electron chi connectivity index (χ1n) is 4.82. The zero-order valence-electron chi connectivity index (χ0n) is 8.44. The van der Waals surface area contributed by atoms with Gasteiger partial charge in [0.15, 0.2) is 0 Å². The van der Waals surface area contributed by atoms with Crippen LogP contribution in [0.25, 0.3) is 0 Å². The fourth-order valence-electron chi connectivity index (χ4n) is 1.25. The van der Waals surface area contributed by atoms with Crippen molar-refractivity contribution in [3.05, 3.63) is 35.4 Å². The molecular formula is C11H17NO2. The van der Waals surface area contributed by atoms with E-state index >= 15 is 0 Å². The van der Waals surface area contributed by atoms with E-state index < -0.39 is 6.10 Å². The summed E-state index contributed by atoms with van der Waals surface area (Å²) < 4.78 is 5.28. The van der Waals surface area contributed by atoms with Crippen LogP contribution in [0.5, 0.6) is 0 Å². The second-order valence-corrected chi connectivity index (χ2v) is 3.13. The van der Waals surface area contributed by atoms with Gasteiger partial charge in [-0.15, -0.1) is 0 Å². The molecule has 0 aliphatic carbocycles. The normalized spacial score (nSPS) is 12.8. The molecule has 0 saturated heterocycles. The maximum absolute atomic E-state index is 9.51. The van der Waals surface area contributed by atoms with Gasteiger partial charge in [0.25, 0.3) is 0 Å². The first-order valence-corrected chi connectivity index (χ1v) is 4.82. The van der Waals surface area contributed by atoms with E-state index in [0.717, 1.165) is 11.1 Å². The van der Waals surface area contributed by atoms with Crippen molar-refractivity contribution in [3.63, 3.8) is 0 Å². The van der Waals surface area contributed by atoms with Crippen LogP contribution >= 0.6 is 0 Å². The number of rotatable bonds is 5. The van der Waals surface area contributed by atoms with Gasteiger partial charge >= 0.3 is 0 Å². The molecule has 3 N–H and O–H groups in total. The Kier molecular flexibility index (Phi) is 4.59. The average Bonchev–Trinajstić information content (AvgIpc) is 2.25. The lowest BCUT2D eigenvalue weighted by molar-refractivity contribution is 0.133. The van der Waals surface area contributed by atoms with Crippen LogP contribution in [0.4, 0.5) is 0 Å². The van der Waals surface area contributed by atoms with E-state index in [1.807, 2.05) is 31.2 Å². The SMILES string of the molecule is CCOCc1cccc(C(O)CN)c1. The van der Waals surface area contributed by atoms with Gasteiger partial charge in [0, 0.05) is 13.2 Å². The Morgan fingerprint density at radius 1 is 1.50 bits per heavy atom. The smallest absolute Gasteiger partial charge is 0.0912 e. The fraction of sp³-hybridized carbons (Fsp3) is 0.455. The zero-order valence-corrected chi connectivity index (χ0v) is 8.44. The molecule has 1 rings (SSSR count). The summed E-state index contributed by atoms with van der Waals surface area (Å²) in [7, 11) is 0. The van der Waals surface area contributed by atoms with E-state index in [9.17, 15) is 5.11 Å². The minimum Gasteiger partial charge on any atom is -0.387 e. The monoisotopic (exact) mass is 195 g/mol. The van der Waals surface area contributed by atoms with Crippen molar-refractivity contribution >= 4 is 0 Å². The second-order valence-electron chi connectivity index (χ2n) is 3.13. The number of hydrogen-bond donors (Lipinski definition) is 2. The molecule has 14 heavy (non-hydrogen) atoms. The van der Waals surface area contributed by atoms with Crippen molar-refractivity contribution in [1.82, 2.24) is 0 Å². The molecule has 0 aromatic heterocycles. The molecule has 3 heteroatoms. The lowest BCUT2D eigenvalue weighted by Gasteiger charge is -2.09. The first-order chi connectivity index (χ1) is 6.77. The van der Waals surface area contributed by atoms with Gasteiger partial charge in [0.1, 0.15) is 0 Å². The van der Waals surface area contributed by atoms with Gasteiger partial charge in [-0.3, -0.25) is 0 Å². The highest BCUT2D eigenvalue weighted by Gasteiger charge is 2.04. The maximum Gasteiger partial charge on any atom is 0.0912 e. The van der Waals surface area contributed by atoms with E-state index in [0.29, 0.717) is 13.2 Å². The van der Waals surface area contributed by atoms with Crippen LogP contribution in [-0.2, 0) is 11.3 Å². The Labute approximate surface area is 84.5 Å². The minimum atomic E-state index is -0.573. The van der Waals surface area contributed by atoms with Crippen LogP contribution in [0.3, 0.4) is 0 Å². The van der Waals surface area contributed by atoms with Crippen molar-refractivity contribution in [2.75, 3.05) is 13.2 Å². The highest BCUT2D eigenvalue weighted by atomic mass is 16.5. The van der Waals surface area contributed by atoms with Crippen LogP contribution in [0.1, 0.15) is 24.2 Å². The molecular weight excluding hydrogens is 178 g/mol. The van der Waals surface area contributed by atoms with E-state index in [-0.39, 0.29) is 6.54 Å². The van der Waals surface area contributed by atoms with Gasteiger partial charge in [0.05, 0.1) is 12.7 Å². The van der Waals surface area contributed by atoms with Crippen LogP contribution in [0.15, 0.2) is 24.3 Å². The number of aliphatic hydroxyl groups is 1. The Morgan fingerprint density at radius 3 is 2.93 bits per heavy atom. The van der Waals surface area contributed by atoms with Crippen LogP contribution < -0.4 is 5.73 Å². The number of nitrogens with two attached hydrogens (primary N) is 1. The van der Waals surface area contributed by atoms with Crippen molar-refractivity contribution < 1.29 is 9.84 Å². The molecule has 1 aromatic rings. The molecule has 0 saturated carbocycles. The van der Waals surface area contributed by atoms with E-state index in [2.05, 4.69) is 0 Å². The molecule has 0 radical (unpaired) electrons. The molecule has 0 amide bonds. The largest absolute Gasteiger partial charge is 0.387 e. The predicted molar refractivity (Wildman–Crippen MR) is 55.8 cm³/mol. The molecule has 1 aromatic carbocycles. The van der Waals surface area contributed by atoms with Gasteiger partial charge in [-0.25, -0.2) is 0 Å². The van der Waals surface area contributed by atoms with Gasteiger partial charge in [0.2, 0.25) is 0 Å². The summed E-state index contributed by atoms with van der Waals surface area (Å²) in [5.74, 6) is 0. The Bertz CT molecular complexity index is 276. The molecule has 0 heterocycles. The number of hydrogen-bond acceptors (Lipinski definition) is 3. The lowest BCUT2D eigenvalue weighted by Crippen LogP contribution is -2.11. The van der Waals surface area contributed by atoms with Gasteiger partial charge in [-0.05, 0) is 18.1 Å². The molecule has 0 fully saturated rings. The van der Waals surface area contributed by atoms with Gasteiger partial charge in [-0.2, -0.15) is 0 Å². The molecule has 0 bridgehead atoms. The average molecular weight is 195 g/mol. The Balaban J connectivity index is 2.68. The third kappa shape index (κ3) is 3.10. The molecule has 3 nitrogen and oxygen atoms in total. The van der Waals surface area contributed by atoms with Gasteiger partial charge < -0.3 is 15.6 Å². The second kappa shape index (κ2) is 5.75. The third-order valence-electron chi connectivity index (χ3n) is 2.03. The van der Waals surface area contributed by atoms with Crippen molar-refractivity contribution in [3.8, 4) is 0 Å². The lowest BCUT2D eigenvalue weighted by atomic mass is 10.1. The molecule has 1 unspecified atom stereocenters. The predicted octanol–water partition coefficient (Wildman–Crippen LogP) is 1.22. The topological polar surface area (TPSA) is 55.5 Å². The highest BCUT2D eigenvalue weighted by Crippen LogP contribution is 2.13. The first kappa shape index (κ1) is 11.2. The quantitative estimate of drug-likeness (QED) is 0.742. The molecule has 1 atom stereocenters. The van der Waals surface area contributed by atoms with Crippen molar-refractivity contribution in [2.24, 2.45) is 5.73 Å². The van der Waals surface area contributed by atoms with Crippen LogP contribution in [-0.4, -0.2) is 18.3 Å². The highest BCUT2D eigenvalue weighted by molar-refractivity contribution is 5.24. The maximum atomic E-state index is 9.51. The van der Waals surface area contributed by atoms with Crippen LogP contribution in [0.2, 0.25) is 0 Å². The van der Waals surface area contributed by atoms with E-state index in [1.54, 1.807) is 0 Å². The summed E-state index contributed by atoms with van der Waals surface area (Å²) in [5.41, 5.74) is 7.29. The summed E-state index contributed by atoms with van der Waals surface area (Å²) >= 11 is 0. The van der Waals surface area contributed by atoms with Crippen molar-refractivity contribution in [1.29, 1.82) is 0 Å². The summed E-state index contributed by atoms with van der Waals surface area (Å²) in [6.45, 7) is 3.49. The molecule has 0 aliphatic rings. The van der Waals surface area contributed by atoms with Gasteiger partial charge in [-0.1, -0.05) is 24.3 Å². The van der Waals surface area contributed by atoms with E-state index in [4.69, 9.17) is 10.5 Å². The molecule has 0 aliphatic heterocycles. The molecule has 0 spiro atoms. The number of benzene rings is 1. The van der Waals surface area contributed by atoms with Crippen molar-refractivity contribution in [2.45, 2.75) is 19.6 Å². The number of aliphatic hydroxyl groups excluding tert-OH is 1. The van der Waals surface area contributed by atoms with Crippen LogP contribution in [0, 0.1) is 0 Å². The minimum absolute atomic E-state index is 0.248. The fourth-order valence-corrected chi connectivity index (χ4v) is 1.25. The summed E-state index contributed by atoms with van der Waals surface area (Å²) in [4.78, 5) is 0. The summed E-state index contributed by atoms with van der Waals surface area (Å²) in [5, 5.41) is 9.51. The Hall–Kier alpha value is -0.900. The number of ether oxygens (including phenoxy) is 1. The standard InChI is InChI=1S/C11H17NO2/c1-2-14-8-9-4-3-5-10(6-9)11(13)7-12/h3-6,11,13H,2,7-8,12H2,1H3. The summed E-state index contributed by atoms with van der Waals surface area (Å²) in [6, 6.07) is 7.67. The third-order valence-corrected chi connectivity index (χ3v) is 2.03.